The minimum Gasteiger partial charge on any atom is -0.592 e. The Morgan fingerprint density at radius 1 is 1.58 bits per heavy atom. The monoisotopic (exact) mass is 352 g/mol. The van der Waals surface area contributed by atoms with Crippen molar-refractivity contribution in [2.45, 2.75) is 56.5 Å². The highest BCUT2D eigenvalue weighted by Crippen LogP contribution is 2.37. The summed E-state index contributed by atoms with van der Waals surface area (Å²) in [5.41, 5.74) is 0.0235. The zero-order valence-corrected chi connectivity index (χ0v) is 15.3. The Hall–Kier alpha value is -1.31. The number of carbonyl (C=O) groups is 1. The Balaban J connectivity index is 1.77. The number of rotatable bonds is 9. The Morgan fingerprint density at radius 2 is 2.38 bits per heavy atom. The van der Waals surface area contributed by atoms with E-state index in [2.05, 4.69) is 24.1 Å². The molecule has 3 atom stereocenters. The van der Waals surface area contributed by atoms with Gasteiger partial charge in [0.25, 0.3) is 5.03 Å². The van der Waals surface area contributed by atoms with Gasteiger partial charge >= 0.3 is 0 Å². The summed E-state index contributed by atoms with van der Waals surface area (Å²) in [6.45, 7) is 6.03. The van der Waals surface area contributed by atoms with Gasteiger partial charge in [-0.1, -0.05) is 19.4 Å². The summed E-state index contributed by atoms with van der Waals surface area (Å²) < 4.78 is 11.2. The fourth-order valence-corrected chi connectivity index (χ4v) is 4.08. The van der Waals surface area contributed by atoms with E-state index in [9.17, 15) is 9.35 Å². The summed E-state index contributed by atoms with van der Waals surface area (Å²) >= 11 is -1.55. The third kappa shape index (κ3) is 4.84. The lowest BCUT2D eigenvalue weighted by molar-refractivity contribution is -0.121. The maximum atomic E-state index is 11.3. The lowest BCUT2D eigenvalue weighted by atomic mass is 9.88. The van der Waals surface area contributed by atoms with Crippen LogP contribution in [0.5, 0.6) is 0 Å². The van der Waals surface area contributed by atoms with Crippen LogP contribution >= 0.6 is 0 Å². The van der Waals surface area contributed by atoms with E-state index < -0.39 is 11.4 Å². The van der Waals surface area contributed by atoms with Crippen molar-refractivity contribution in [3.05, 3.63) is 18.2 Å². The van der Waals surface area contributed by atoms with Crippen LogP contribution in [0, 0.1) is 5.92 Å². The predicted octanol–water partition coefficient (Wildman–Crippen LogP) is 2.29. The number of nitrogens with zero attached hydrogens (tertiary/aromatic N) is 2. The highest BCUT2D eigenvalue weighted by molar-refractivity contribution is 7.89. The second-order valence-electron chi connectivity index (χ2n) is 6.80. The molecule has 24 heavy (non-hydrogen) atoms. The molecule has 0 aromatic carbocycles. The molecule has 0 aliphatic carbocycles. The zero-order valence-electron chi connectivity index (χ0n) is 14.5. The molecular formula is C17H28N4O2S. The predicted molar refractivity (Wildman–Crippen MR) is 96.7 cm³/mol. The molecule has 1 fully saturated rings. The first-order chi connectivity index (χ1) is 11.5. The van der Waals surface area contributed by atoms with Crippen molar-refractivity contribution in [1.29, 1.82) is 0 Å². The normalized spacial score (nSPS) is 24.8. The number of amides is 1. The summed E-state index contributed by atoms with van der Waals surface area (Å²) in [5.74, 6) is 1.26. The molecule has 2 heterocycles. The van der Waals surface area contributed by atoms with Gasteiger partial charge in [-0.25, -0.2) is 0 Å². The van der Waals surface area contributed by atoms with E-state index >= 15 is 0 Å². The van der Waals surface area contributed by atoms with E-state index in [4.69, 9.17) is 5.14 Å². The third-order valence-corrected chi connectivity index (χ3v) is 5.46. The van der Waals surface area contributed by atoms with Crippen LogP contribution in [0.2, 0.25) is 0 Å². The molecule has 2 rings (SSSR count). The standard InChI is InChI=1S/C17H28N4O2S/c1-3-9-17(2)11-14(12-21(17)13-22)6-5-10-19-15-7-4-8-16(20-15)24(18)23/h4,7-8,13-14H,3,5-6,9-12,18H2,1-2H3,(H,19,20). The first-order valence-corrected chi connectivity index (χ1v) is 9.79. The van der Waals surface area contributed by atoms with Crippen LogP contribution in [0.3, 0.4) is 0 Å². The average molecular weight is 353 g/mol. The Labute approximate surface area is 147 Å². The average Bonchev–Trinajstić information content (AvgIpc) is 2.88. The van der Waals surface area contributed by atoms with E-state index in [1.165, 1.54) is 0 Å². The van der Waals surface area contributed by atoms with Crippen molar-refractivity contribution in [1.82, 2.24) is 9.88 Å². The van der Waals surface area contributed by atoms with Gasteiger partial charge in [-0.15, -0.1) is 5.14 Å². The molecule has 0 radical (unpaired) electrons. The quantitative estimate of drug-likeness (QED) is 0.404. The highest BCUT2D eigenvalue weighted by Gasteiger charge is 2.39. The minimum atomic E-state index is -1.55. The van der Waals surface area contributed by atoms with Crippen molar-refractivity contribution in [2.75, 3.05) is 18.4 Å². The number of aromatic nitrogens is 1. The smallest absolute Gasteiger partial charge is 0.267 e. The molecule has 1 aliphatic rings. The second kappa shape index (κ2) is 8.69. The lowest BCUT2D eigenvalue weighted by Gasteiger charge is -2.31. The van der Waals surface area contributed by atoms with Gasteiger partial charge in [-0.05, 0) is 44.6 Å². The van der Waals surface area contributed by atoms with Crippen LogP contribution in [0.15, 0.2) is 23.2 Å². The van der Waals surface area contributed by atoms with Crippen LogP contribution in [-0.2, 0) is 16.2 Å². The number of nitrogens with one attached hydrogen (secondary N) is 1. The van der Waals surface area contributed by atoms with Gasteiger partial charge < -0.3 is 14.8 Å². The first kappa shape index (κ1) is 19.0. The summed E-state index contributed by atoms with van der Waals surface area (Å²) in [6, 6.07) is 5.30. The SMILES string of the molecule is CCCC1(C)CC(CCCNc2cccc([S+](N)[O-])n2)CN1C=O. The van der Waals surface area contributed by atoms with Crippen molar-refractivity contribution in [3.8, 4) is 0 Å². The molecule has 1 saturated heterocycles. The molecule has 0 bridgehead atoms. The molecule has 1 amide bonds. The van der Waals surface area contributed by atoms with Gasteiger partial charge in [0.2, 0.25) is 6.41 Å². The molecule has 6 nitrogen and oxygen atoms in total. The van der Waals surface area contributed by atoms with Crippen LogP contribution in [-0.4, -0.2) is 39.5 Å². The van der Waals surface area contributed by atoms with E-state index in [1.54, 1.807) is 12.1 Å². The van der Waals surface area contributed by atoms with E-state index in [-0.39, 0.29) is 5.54 Å². The number of anilines is 1. The fourth-order valence-electron chi connectivity index (χ4n) is 3.68. The van der Waals surface area contributed by atoms with Crippen LogP contribution < -0.4 is 10.5 Å². The summed E-state index contributed by atoms with van der Waals surface area (Å²) in [6.07, 6.45) is 6.35. The third-order valence-electron chi connectivity index (χ3n) is 4.82. The fraction of sp³-hybridized carbons (Fsp3) is 0.647. The maximum absolute atomic E-state index is 11.3. The Bertz CT molecular complexity index is 543. The van der Waals surface area contributed by atoms with Gasteiger partial charge in [-0.3, -0.25) is 4.79 Å². The topological polar surface area (TPSA) is 94.3 Å². The molecule has 0 saturated carbocycles. The van der Waals surface area contributed by atoms with Crippen molar-refractivity contribution in [2.24, 2.45) is 11.1 Å². The van der Waals surface area contributed by atoms with Crippen LogP contribution in [0.1, 0.15) is 46.0 Å². The molecule has 1 aliphatic heterocycles. The highest BCUT2D eigenvalue weighted by atomic mass is 32.2. The van der Waals surface area contributed by atoms with Gasteiger partial charge in [0, 0.05) is 24.7 Å². The van der Waals surface area contributed by atoms with Gasteiger partial charge in [0.05, 0.1) is 11.4 Å². The number of pyridine rings is 1. The van der Waals surface area contributed by atoms with Gasteiger partial charge in [0.15, 0.2) is 0 Å². The largest absolute Gasteiger partial charge is 0.592 e. The van der Waals surface area contributed by atoms with E-state index in [1.807, 2.05) is 11.0 Å². The summed E-state index contributed by atoms with van der Waals surface area (Å²) in [5, 5.41) is 8.98. The number of hydrogen-bond acceptors (Lipinski definition) is 5. The van der Waals surface area contributed by atoms with Crippen LogP contribution in [0.4, 0.5) is 5.82 Å². The molecule has 3 unspecified atom stereocenters. The molecule has 7 heteroatoms. The molecular weight excluding hydrogens is 324 g/mol. The summed E-state index contributed by atoms with van der Waals surface area (Å²) in [7, 11) is 0. The first-order valence-electron chi connectivity index (χ1n) is 8.57. The van der Waals surface area contributed by atoms with Gasteiger partial charge in [-0.2, -0.15) is 4.98 Å². The number of nitrogens with two attached hydrogens (primary N) is 1. The maximum Gasteiger partial charge on any atom is 0.267 e. The molecule has 1 aromatic rings. The number of carbonyl (C=O) groups excluding carboxylic acids is 1. The molecule has 0 spiro atoms. The minimum absolute atomic E-state index is 0.0235. The van der Waals surface area contributed by atoms with E-state index in [0.717, 1.165) is 51.6 Å². The van der Waals surface area contributed by atoms with Crippen molar-refractivity contribution >= 4 is 23.6 Å². The summed E-state index contributed by atoms with van der Waals surface area (Å²) in [4.78, 5) is 17.5. The van der Waals surface area contributed by atoms with Crippen molar-refractivity contribution in [3.63, 3.8) is 0 Å². The Kier molecular flexibility index (Phi) is 6.89. The lowest BCUT2D eigenvalue weighted by Crippen LogP contribution is -2.39. The number of hydrogen-bond donors (Lipinski definition) is 2. The van der Waals surface area contributed by atoms with Crippen molar-refractivity contribution < 1.29 is 9.35 Å². The second-order valence-corrected chi connectivity index (χ2v) is 7.82. The number of likely N-dealkylation sites (tertiary alicyclic amines) is 1. The molecule has 1 aromatic heterocycles. The Morgan fingerprint density at radius 3 is 3.04 bits per heavy atom. The zero-order chi connectivity index (χ0) is 17.6. The van der Waals surface area contributed by atoms with E-state index in [0.29, 0.717) is 16.8 Å². The van der Waals surface area contributed by atoms with Gasteiger partial charge in [0.1, 0.15) is 5.82 Å². The molecule has 134 valence electrons. The van der Waals surface area contributed by atoms with Crippen LogP contribution in [0.25, 0.3) is 0 Å². The molecule has 3 N–H and O–H groups in total.